The summed E-state index contributed by atoms with van der Waals surface area (Å²) in [6.07, 6.45) is 5.33. The Bertz CT molecular complexity index is 401. The smallest absolute Gasteiger partial charge is 0.233 e. The molecule has 1 saturated heterocycles. The quantitative estimate of drug-likeness (QED) is 0.636. The molecule has 2 aliphatic rings. The molecule has 2 aliphatic heterocycles. The Morgan fingerprint density at radius 1 is 1.45 bits per heavy atom. The fourth-order valence-corrected chi connectivity index (χ4v) is 2.79. The summed E-state index contributed by atoms with van der Waals surface area (Å²) in [7, 11) is 0. The van der Waals surface area contributed by atoms with Crippen molar-refractivity contribution in [1.29, 1.82) is 0 Å². The molecule has 114 valence electrons. The molecule has 2 heterocycles. The first-order chi connectivity index (χ1) is 9.08. The number of carbonyl (C=O) groups is 1. The van der Waals surface area contributed by atoms with Crippen molar-refractivity contribution < 1.29 is 27.3 Å². The van der Waals surface area contributed by atoms with E-state index in [2.05, 4.69) is 18.3 Å². The summed E-state index contributed by atoms with van der Waals surface area (Å²) >= 11 is 0. The van der Waals surface area contributed by atoms with Gasteiger partial charge in [0.15, 0.2) is 0 Å². The van der Waals surface area contributed by atoms with Crippen LogP contribution in [0.3, 0.4) is 0 Å². The molecule has 2 atom stereocenters. The topological polar surface area (TPSA) is 46.2 Å². The maximum Gasteiger partial charge on any atom is 0.233 e. The number of hydrogen-bond acceptors (Lipinski definition) is 2. The first kappa shape index (κ1) is 17.2. The second-order valence-corrected chi connectivity index (χ2v) is 5.57. The molecule has 20 heavy (non-hydrogen) atoms. The normalized spacial score (nSPS) is 27.4. The standard InChI is InChI=1S/C15H24N2O2.ClH/c1-11-8-12(2)15(18)17(13(3)9-11)6-4-14-10-16-5-7-19-14;/h8-9,12,14,16H,4-7,10H2,1-3H3;1H. The Balaban J connectivity index is 0.00000200. The van der Waals surface area contributed by atoms with Crippen molar-refractivity contribution >= 4 is 5.91 Å². The number of quaternary nitrogens is 1. The summed E-state index contributed by atoms with van der Waals surface area (Å²) in [4.78, 5) is 14.3. The highest BCUT2D eigenvalue weighted by atomic mass is 35.5. The van der Waals surface area contributed by atoms with Crippen molar-refractivity contribution in [3.05, 3.63) is 23.4 Å². The van der Waals surface area contributed by atoms with Crippen LogP contribution in [-0.2, 0) is 9.53 Å². The number of ether oxygens (including phenoxy) is 1. The predicted octanol–water partition coefficient (Wildman–Crippen LogP) is -2.33. The minimum atomic E-state index is -0.0347. The summed E-state index contributed by atoms with van der Waals surface area (Å²) in [6, 6.07) is 0. The van der Waals surface area contributed by atoms with Gasteiger partial charge in [0.2, 0.25) is 5.91 Å². The number of morpholine rings is 1. The molecule has 0 radical (unpaired) electrons. The van der Waals surface area contributed by atoms with E-state index in [1.165, 1.54) is 5.57 Å². The molecule has 1 fully saturated rings. The molecule has 0 aromatic rings. The molecule has 0 spiro atoms. The van der Waals surface area contributed by atoms with Crippen LogP contribution in [0.4, 0.5) is 0 Å². The lowest BCUT2D eigenvalue weighted by molar-refractivity contribution is -0.677. The van der Waals surface area contributed by atoms with Gasteiger partial charge < -0.3 is 27.4 Å². The van der Waals surface area contributed by atoms with Gasteiger partial charge in [-0.1, -0.05) is 18.6 Å². The number of rotatable bonds is 3. The van der Waals surface area contributed by atoms with Crippen LogP contribution in [-0.4, -0.2) is 43.2 Å². The van der Waals surface area contributed by atoms with E-state index < -0.39 is 0 Å². The molecule has 2 N–H and O–H groups in total. The minimum absolute atomic E-state index is 0. The number of carbonyl (C=O) groups excluding carboxylic acids is 1. The summed E-state index contributed by atoms with van der Waals surface area (Å²) in [5, 5.41) is 2.29. The maximum absolute atomic E-state index is 12.4. The Morgan fingerprint density at radius 2 is 2.20 bits per heavy atom. The average Bonchev–Trinajstić information content (AvgIpc) is 2.47. The lowest BCUT2D eigenvalue weighted by atomic mass is 10.1. The van der Waals surface area contributed by atoms with Crippen molar-refractivity contribution in [2.75, 3.05) is 26.2 Å². The van der Waals surface area contributed by atoms with Gasteiger partial charge in [0, 0.05) is 12.2 Å². The van der Waals surface area contributed by atoms with Crippen LogP contribution in [0.1, 0.15) is 27.2 Å². The van der Waals surface area contributed by atoms with E-state index in [1.807, 2.05) is 24.8 Å². The fraction of sp³-hybridized carbons (Fsp3) is 0.667. The second-order valence-electron chi connectivity index (χ2n) is 5.57. The van der Waals surface area contributed by atoms with Gasteiger partial charge in [-0.25, -0.2) is 0 Å². The Morgan fingerprint density at radius 3 is 2.85 bits per heavy atom. The molecule has 0 aromatic carbocycles. The van der Waals surface area contributed by atoms with Gasteiger partial charge in [0.1, 0.15) is 12.6 Å². The van der Waals surface area contributed by atoms with E-state index in [0.29, 0.717) is 0 Å². The van der Waals surface area contributed by atoms with Gasteiger partial charge >= 0.3 is 0 Å². The Kier molecular flexibility index (Phi) is 6.72. The minimum Gasteiger partial charge on any atom is -1.00 e. The van der Waals surface area contributed by atoms with E-state index >= 15 is 0 Å². The first-order valence-corrected chi connectivity index (χ1v) is 7.19. The molecule has 0 aromatic heterocycles. The van der Waals surface area contributed by atoms with Gasteiger partial charge in [-0.15, -0.1) is 0 Å². The van der Waals surface area contributed by atoms with Gasteiger partial charge in [-0.2, -0.15) is 0 Å². The van der Waals surface area contributed by atoms with E-state index in [-0.39, 0.29) is 30.3 Å². The summed E-state index contributed by atoms with van der Waals surface area (Å²) in [6.45, 7) is 9.68. The highest BCUT2D eigenvalue weighted by Gasteiger charge is 2.25. The first-order valence-electron chi connectivity index (χ1n) is 7.19. The molecule has 2 unspecified atom stereocenters. The third kappa shape index (κ3) is 4.33. The lowest BCUT2D eigenvalue weighted by Gasteiger charge is -2.27. The number of halogens is 1. The zero-order valence-corrected chi connectivity index (χ0v) is 13.3. The SMILES string of the molecule is CC1=CC(C)C(=O)N(CCC2C[NH2+]CCO2)C(C)=C1.[Cl-]. The molecular formula is C15H25ClN2O2. The van der Waals surface area contributed by atoms with Crippen LogP contribution in [0.5, 0.6) is 0 Å². The molecule has 0 bridgehead atoms. The number of hydrogen-bond donors (Lipinski definition) is 1. The molecule has 0 aliphatic carbocycles. The van der Waals surface area contributed by atoms with Gasteiger partial charge in [-0.3, -0.25) is 4.79 Å². The molecule has 5 heteroatoms. The highest BCUT2D eigenvalue weighted by Crippen LogP contribution is 2.20. The summed E-state index contributed by atoms with van der Waals surface area (Å²) in [5.74, 6) is 0.165. The number of amides is 1. The van der Waals surface area contributed by atoms with Crippen molar-refractivity contribution in [3.8, 4) is 0 Å². The number of nitrogens with two attached hydrogens (primary N) is 1. The summed E-state index contributed by atoms with van der Waals surface area (Å²) in [5.41, 5.74) is 2.21. The molecule has 0 saturated carbocycles. The number of allylic oxidation sites excluding steroid dienone is 3. The third-order valence-corrected chi connectivity index (χ3v) is 3.81. The van der Waals surface area contributed by atoms with Crippen molar-refractivity contribution in [3.63, 3.8) is 0 Å². The van der Waals surface area contributed by atoms with Crippen molar-refractivity contribution in [1.82, 2.24) is 4.90 Å². The monoisotopic (exact) mass is 300 g/mol. The third-order valence-electron chi connectivity index (χ3n) is 3.81. The largest absolute Gasteiger partial charge is 1.00 e. The van der Waals surface area contributed by atoms with Gasteiger partial charge in [-0.05, 0) is 26.3 Å². The zero-order chi connectivity index (χ0) is 13.8. The van der Waals surface area contributed by atoms with Crippen LogP contribution in [0, 0.1) is 5.92 Å². The predicted molar refractivity (Wildman–Crippen MR) is 74.4 cm³/mol. The molecule has 1 amide bonds. The van der Waals surface area contributed by atoms with Crippen LogP contribution in [0.25, 0.3) is 0 Å². The zero-order valence-electron chi connectivity index (χ0n) is 12.6. The molecule has 4 nitrogen and oxygen atoms in total. The van der Waals surface area contributed by atoms with E-state index in [4.69, 9.17) is 4.74 Å². The van der Waals surface area contributed by atoms with Gasteiger partial charge in [0.05, 0.1) is 19.1 Å². The van der Waals surface area contributed by atoms with Crippen LogP contribution in [0.2, 0.25) is 0 Å². The van der Waals surface area contributed by atoms with Crippen LogP contribution >= 0.6 is 0 Å². The van der Waals surface area contributed by atoms with Crippen LogP contribution in [0.15, 0.2) is 23.4 Å². The maximum atomic E-state index is 12.4. The summed E-state index contributed by atoms with van der Waals surface area (Å²) < 4.78 is 5.72. The average molecular weight is 301 g/mol. The second kappa shape index (κ2) is 7.81. The fourth-order valence-electron chi connectivity index (χ4n) is 2.79. The van der Waals surface area contributed by atoms with Gasteiger partial charge in [0.25, 0.3) is 0 Å². The Hall–Kier alpha value is -0.840. The lowest BCUT2D eigenvalue weighted by Crippen LogP contribution is -3.00. The van der Waals surface area contributed by atoms with E-state index in [0.717, 1.165) is 38.4 Å². The van der Waals surface area contributed by atoms with Crippen LogP contribution < -0.4 is 17.7 Å². The number of nitrogens with zero attached hydrogens (tertiary/aromatic N) is 1. The van der Waals surface area contributed by atoms with Crippen molar-refractivity contribution in [2.24, 2.45) is 5.92 Å². The molecule has 2 rings (SSSR count). The Labute approximate surface area is 127 Å². The van der Waals surface area contributed by atoms with E-state index in [9.17, 15) is 4.79 Å². The van der Waals surface area contributed by atoms with E-state index in [1.54, 1.807) is 0 Å². The van der Waals surface area contributed by atoms with Crippen molar-refractivity contribution in [2.45, 2.75) is 33.3 Å². The highest BCUT2D eigenvalue weighted by molar-refractivity contribution is 5.82. The molecular weight excluding hydrogens is 276 g/mol.